The normalized spacial score (nSPS) is 22.9. The fraction of sp³-hybridized carbons (Fsp3) is 0.800. The third-order valence-corrected chi connectivity index (χ3v) is 2.72. The third-order valence-electron chi connectivity index (χ3n) is 2.72. The van der Waals surface area contributed by atoms with E-state index >= 15 is 0 Å². The molecule has 1 aliphatic rings. The predicted molar refractivity (Wildman–Crippen MR) is 55.2 cm³/mol. The molecule has 0 radical (unpaired) electrons. The van der Waals surface area contributed by atoms with E-state index < -0.39 is 0 Å². The summed E-state index contributed by atoms with van der Waals surface area (Å²) in [7, 11) is 0. The maximum absolute atomic E-state index is 4.24. The van der Waals surface area contributed by atoms with Crippen molar-refractivity contribution in [1.29, 1.82) is 0 Å². The molecule has 0 spiro atoms. The number of nitrogens with one attached hydrogen (secondary N) is 1. The summed E-state index contributed by atoms with van der Waals surface area (Å²) < 4.78 is 2.19. The zero-order valence-electron chi connectivity index (χ0n) is 9.12. The van der Waals surface area contributed by atoms with E-state index in [0.717, 1.165) is 18.9 Å². The van der Waals surface area contributed by atoms with Crippen molar-refractivity contribution in [2.24, 2.45) is 0 Å². The molecule has 78 valence electrons. The molecule has 1 aromatic heterocycles. The van der Waals surface area contributed by atoms with Crippen molar-refractivity contribution in [2.75, 3.05) is 13.1 Å². The Morgan fingerprint density at radius 1 is 1.50 bits per heavy atom. The fourth-order valence-electron chi connectivity index (χ4n) is 1.91. The van der Waals surface area contributed by atoms with Crippen LogP contribution in [0.2, 0.25) is 0 Å². The number of hydrogen-bond acceptors (Lipinski definition) is 3. The van der Waals surface area contributed by atoms with E-state index in [1.807, 2.05) is 6.33 Å². The first-order valence-electron chi connectivity index (χ1n) is 5.20. The fourth-order valence-corrected chi connectivity index (χ4v) is 1.91. The lowest BCUT2D eigenvalue weighted by molar-refractivity contribution is 0.373. The Hall–Kier alpha value is -0.900. The summed E-state index contributed by atoms with van der Waals surface area (Å²) in [6.45, 7) is 8.68. The summed E-state index contributed by atoms with van der Waals surface area (Å²) in [5.41, 5.74) is 0.0847. The van der Waals surface area contributed by atoms with Crippen LogP contribution < -0.4 is 5.32 Å². The Labute approximate surface area is 84.7 Å². The molecule has 1 N–H and O–H groups in total. The Bertz CT molecular complexity index is 304. The van der Waals surface area contributed by atoms with Crippen molar-refractivity contribution >= 4 is 0 Å². The second-order valence-electron chi connectivity index (χ2n) is 4.92. The lowest BCUT2D eigenvalue weighted by Crippen LogP contribution is -2.25. The van der Waals surface area contributed by atoms with Crippen molar-refractivity contribution in [3.63, 3.8) is 0 Å². The lowest BCUT2D eigenvalue weighted by Gasteiger charge is -2.24. The van der Waals surface area contributed by atoms with E-state index in [9.17, 15) is 0 Å². The van der Waals surface area contributed by atoms with Crippen LogP contribution in [0.3, 0.4) is 0 Å². The Morgan fingerprint density at radius 2 is 2.29 bits per heavy atom. The van der Waals surface area contributed by atoms with Gasteiger partial charge in [0.15, 0.2) is 0 Å². The van der Waals surface area contributed by atoms with E-state index in [4.69, 9.17) is 0 Å². The Balaban J connectivity index is 2.29. The predicted octanol–water partition coefficient (Wildman–Crippen LogP) is 1.11. The van der Waals surface area contributed by atoms with Crippen molar-refractivity contribution < 1.29 is 0 Å². The van der Waals surface area contributed by atoms with Gasteiger partial charge in [0, 0.05) is 18.0 Å². The van der Waals surface area contributed by atoms with Gasteiger partial charge < -0.3 is 9.88 Å². The maximum Gasteiger partial charge on any atom is 0.137 e. The molecule has 0 aromatic carbocycles. The molecule has 0 amide bonds. The monoisotopic (exact) mass is 194 g/mol. The van der Waals surface area contributed by atoms with Gasteiger partial charge in [-0.2, -0.15) is 0 Å². The highest BCUT2D eigenvalue weighted by Crippen LogP contribution is 2.24. The van der Waals surface area contributed by atoms with Gasteiger partial charge in [-0.05, 0) is 33.7 Å². The standard InChI is InChI=1S/C10H18N4/c1-10(2,3)14-7-12-13-9(14)8-4-5-11-6-8/h7-8,11H,4-6H2,1-3H3. The highest BCUT2D eigenvalue weighted by molar-refractivity contribution is 5.03. The van der Waals surface area contributed by atoms with Crippen molar-refractivity contribution in [3.8, 4) is 0 Å². The van der Waals surface area contributed by atoms with Crippen LogP contribution in [0.25, 0.3) is 0 Å². The molecule has 0 saturated carbocycles. The quantitative estimate of drug-likeness (QED) is 0.728. The molecule has 14 heavy (non-hydrogen) atoms. The number of hydrogen-bond donors (Lipinski definition) is 1. The van der Waals surface area contributed by atoms with Gasteiger partial charge in [-0.25, -0.2) is 0 Å². The van der Waals surface area contributed by atoms with E-state index in [0.29, 0.717) is 5.92 Å². The van der Waals surface area contributed by atoms with Crippen molar-refractivity contribution in [1.82, 2.24) is 20.1 Å². The molecule has 0 aliphatic carbocycles. The van der Waals surface area contributed by atoms with Gasteiger partial charge >= 0.3 is 0 Å². The molecule has 2 heterocycles. The first-order valence-corrected chi connectivity index (χ1v) is 5.20. The van der Waals surface area contributed by atoms with Gasteiger partial charge in [0.25, 0.3) is 0 Å². The molecule has 2 rings (SSSR count). The highest BCUT2D eigenvalue weighted by Gasteiger charge is 2.26. The summed E-state index contributed by atoms with van der Waals surface area (Å²) >= 11 is 0. The number of aromatic nitrogens is 3. The summed E-state index contributed by atoms with van der Waals surface area (Å²) in [6.07, 6.45) is 3.02. The average Bonchev–Trinajstić information content (AvgIpc) is 2.73. The average molecular weight is 194 g/mol. The summed E-state index contributed by atoms with van der Waals surface area (Å²) in [6, 6.07) is 0. The topological polar surface area (TPSA) is 42.7 Å². The van der Waals surface area contributed by atoms with Crippen LogP contribution >= 0.6 is 0 Å². The molecule has 4 nitrogen and oxygen atoms in total. The van der Waals surface area contributed by atoms with Gasteiger partial charge in [-0.3, -0.25) is 0 Å². The molecule has 1 unspecified atom stereocenters. The molecule has 4 heteroatoms. The van der Waals surface area contributed by atoms with Gasteiger partial charge in [-0.1, -0.05) is 0 Å². The number of nitrogens with zero attached hydrogens (tertiary/aromatic N) is 3. The molecule has 1 fully saturated rings. The maximum atomic E-state index is 4.24. The second-order valence-corrected chi connectivity index (χ2v) is 4.92. The first-order chi connectivity index (χ1) is 6.59. The van der Waals surface area contributed by atoms with Crippen LogP contribution in [0.5, 0.6) is 0 Å². The zero-order chi connectivity index (χ0) is 10.2. The third kappa shape index (κ3) is 1.66. The zero-order valence-corrected chi connectivity index (χ0v) is 9.12. The van der Waals surface area contributed by atoms with E-state index in [2.05, 4.69) is 40.9 Å². The second kappa shape index (κ2) is 3.35. The number of rotatable bonds is 1. The Kier molecular flexibility index (Phi) is 2.31. The Morgan fingerprint density at radius 3 is 2.86 bits per heavy atom. The van der Waals surface area contributed by atoms with Gasteiger partial charge in [-0.15, -0.1) is 10.2 Å². The van der Waals surface area contributed by atoms with Gasteiger partial charge in [0.2, 0.25) is 0 Å². The molecule has 1 aromatic rings. The SMILES string of the molecule is CC(C)(C)n1cnnc1C1CCNC1. The molecule has 0 bridgehead atoms. The van der Waals surface area contributed by atoms with Crippen LogP contribution in [-0.2, 0) is 5.54 Å². The van der Waals surface area contributed by atoms with Crippen LogP contribution in [0.4, 0.5) is 0 Å². The van der Waals surface area contributed by atoms with Crippen molar-refractivity contribution in [3.05, 3.63) is 12.2 Å². The molecule has 1 aliphatic heterocycles. The van der Waals surface area contributed by atoms with Crippen LogP contribution in [0.1, 0.15) is 38.9 Å². The van der Waals surface area contributed by atoms with E-state index in [1.165, 1.54) is 6.42 Å². The van der Waals surface area contributed by atoms with E-state index in [-0.39, 0.29) is 5.54 Å². The van der Waals surface area contributed by atoms with Crippen LogP contribution in [0.15, 0.2) is 6.33 Å². The highest BCUT2D eigenvalue weighted by atomic mass is 15.3. The lowest BCUT2D eigenvalue weighted by atomic mass is 10.0. The summed E-state index contributed by atoms with van der Waals surface area (Å²) in [5.74, 6) is 1.67. The molecular weight excluding hydrogens is 176 g/mol. The van der Waals surface area contributed by atoms with Crippen molar-refractivity contribution in [2.45, 2.75) is 38.6 Å². The molecule has 1 atom stereocenters. The van der Waals surface area contributed by atoms with Gasteiger partial charge in [0.1, 0.15) is 12.2 Å². The first kappa shape index (κ1) is 9.65. The van der Waals surface area contributed by atoms with Gasteiger partial charge in [0.05, 0.1) is 0 Å². The molecular formula is C10H18N4. The minimum atomic E-state index is 0.0847. The largest absolute Gasteiger partial charge is 0.316 e. The van der Waals surface area contributed by atoms with E-state index in [1.54, 1.807) is 0 Å². The minimum Gasteiger partial charge on any atom is -0.316 e. The minimum absolute atomic E-state index is 0.0847. The summed E-state index contributed by atoms with van der Waals surface area (Å²) in [5, 5.41) is 11.6. The molecule has 1 saturated heterocycles. The van der Waals surface area contributed by atoms with Crippen LogP contribution in [0, 0.1) is 0 Å². The smallest absolute Gasteiger partial charge is 0.137 e. The summed E-state index contributed by atoms with van der Waals surface area (Å²) in [4.78, 5) is 0. The van der Waals surface area contributed by atoms with Crippen LogP contribution in [-0.4, -0.2) is 27.9 Å².